The molecule has 0 aliphatic heterocycles. The summed E-state index contributed by atoms with van der Waals surface area (Å²) in [7, 11) is 0. The van der Waals surface area contributed by atoms with Gasteiger partial charge in [-0.05, 0) is 26.0 Å². The van der Waals surface area contributed by atoms with E-state index < -0.39 is 0 Å². The van der Waals surface area contributed by atoms with Crippen molar-refractivity contribution >= 4 is 28.3 Å². The summed E-state index contributed by atoms with van der Waals surface area (Å²) in [5.41, 5.74) is 3.26. The summed E-state index contributed by atoms with van der Waals surface area (Å²) in [6.45, 7) is 5.77. The molecule has 1 N–H and O–H groups in total. The number of hydrogen-bond acceptors (Lipinski definition) is 4. The van der Waals surface area contributed by atoms with Crippen LogP contribution in [0.15, 0.2) is 29.6 Å². The second kappa shape index (κ2) is 5.01. The summed E-state index contributed by atoms with van der Waals surface area (Å²) in [5, 5.41) is 6.56. The number of para-hydroxylation sites is 2. The Labute approximate surface area is 116 Å². The molecule has 4 nitrogen and oxygen atoms in total. The van der Waals surface area contributed by atoms with Crippen molar-refractivity contribution in [3.8, 4) is 0 Å². The molecule has 2 heterocycles. The van der Waals surface area contributed by atoms with E-state index in [1.54, 1.807) is 11.3 Å². The zero-order valence-corrected chi connectivity index (χ0v) is 11.9. The Morgan fingerprint density at radius 3 is 2.84 bits per heavy atom. The van der Waals surface area contributed by atoms with Crippen LogP contribution in [0.5, 0.6) is 0 Å². The van der Waals surface area contributed by atoms with Crippen molar-refractivity contribution in [3.05, 3.63) is 40.3 Å². The third-order valence-corrected chi connectivity index (χ3v) is 3.89. The predicted molar refractivity (Wildman–Crippen MR) is 79.6 cm³/mol. The number of nitrogens with one attached hydrogen (secondary N) is 1. The smallest absolute Gasteiger partial charge is 0.204 e. The zero-order chi connectivity index (χ0) is 13.2. The van der Waals surface area contributed by atoms with Crippen LogP contribution in [0.2, 0.25) is 0 Å². The van der Waals surface area contributed by atoms with Gasteiger partial charge in [0, 0.05) is 11.9 Å². The van der Waals surface area contributed by atoms with Crippen LogP contribution in [0.4, 0.5) is 5.95 Å². The molecular formula is C14H16N4S. The highest BCUT2D eigenvalue weighted by Crippen LogP contribution is 2.20. The summed E-state index contributed by atoms with van der Waals surface area (Å²) < 4.78 is 2.19. The van der Waals surface area contributed by atoms with Crippen LogP contribution >= 0.6 is 11.3 Å². The number of benzene rings is 1. The van der Waals surface area contributed by atoms with Crippen molar-refractivity contribution < 1.29 is 0 Å². The van der Waals surface area contributed by atoms with Crippen LogP contribution < -0.4 is 5.32 Å². The van der Waals surface area contributed by atoms with Crippen molar-refractivity contribution in [1.82, 2.24) is 14.5 Å². The number of aryl methyl sites for hydroxylation is 2. The van der Waals surface area contributed by atoms with Crippen molar-refractivity contribution in [1.29, 1.82) is 0 Å². The van der Waals surface area contributed by atoms with Gasteiger partial charge < -0.3 is 9.88 Å². The Hall–Kier alpha value is -1.88. The third-order valence-electron chi connectivity index (χ3n) is 3.06. The molecule has 0 atom stereocenters. The number of nitrogens with zero attached hydrogens (tertiary/aromatic N) is 3. The second-order valence-electron chi connectivity index (χ2n) is 4.38. The number of fused-ring (bicyclic) bond motifs is 1. The maximum atomic E-state index is 4.63. The van der Waals surface area contributed by atoms with Gasteiger partial charge in [-0.3, -0.25) is 0 Å². The van der Waals surface area contributed by atoms with Gasteiger partial charge in [-0.25, -0.2) is 9.97 Å². The Morgan fingerprint density at radius 2 is 2.11 bits per heavy atom. The Balaban J connectivity index is 1.87. The average molecular weight is 272 g/mol. The molecule has 0 bridgehead atoms. The minimum atomic E-state index is 0.716. The molecule has 2 aromatic heterocycles. The van der Waals surface area contributed by atoms with E-state index in [1.165, 1.54) is 5.52 Å². The molecule has 0 fully saturated rings. The highest BCUT2D eigenvalue weighted by Gasteiger charge is 2.08. The zero-order valence-electron chi connectivity index (χ0n) is 11.1. The molecule has 0 aliphatic carbocycles. The molecule has 0 amide bonds. The number of hydrogen-bond donors (Lipinski definition) is 1. The fraction of sp³-hybridized carbons (Fsp3) is 0.286. The first kappa shape index (κ1) is 12.2. The summed E-state index contributed by atoms with van der Waals surface area (Å²) in [6.07, 6.45) is 0. The minimum Gasteiger partial charge on any atom is -0.350 e. The largest absolute Gasteiger partial charge is 0.350 e. The number of rotatable bonds is 4. The van der Waals surface area contributed by atoms with Gasteiger partial charge in [-0.1, -0.05) is 12.1 Å². The molecule has 0 saturated carbocycles. The lowest BCUT2D eigenvalue weighted by atomic mass is 10.3. The van der Waals surface area contributed by atoms with Gasteiger partial charge in [-0.15, -0.1) is 11.3 Å². The highest BCUT2D eigenvalue weighted by atomic mass is 32.1. The average Bonchev–Trinajstić information content (AvgIpc) is 2.99. The first-order chi connectivity index (χ1) is 9.28. The van der Waals surface area contributed by atoms with Crippen LogP contribution in [0.25, 0.3) is 11.0 Å². The molecule has 98 valence electrons. The Morgan fingerprint density at radius 1 is 1.26 bits per heavy atom. The van der Waals surface area contributed by atoms with Crippen molar-refractivity contribution in [2.45, 2.75) is 26.9 Å². The second-order valence-corrected chi connectivity index (χ2v) is 5.44. The fourth-order valence-electron chi connectivity index (χ4n) is 2.19. The Bertz CT molecular complexity index is 698. The molecule has 0 spiro atoms. The molecular weight excluding hydrogens is 256 g/mol. The standard InChI is InChI=1S/C14H16N4S/c1-3-18-13-7-5-4-6-12(13)17-14(18)15-8-11-9-19-10(2)16-11/h4-7,9H,3,8H2,1-2H3,(H,15,17). The van der Waals surface area contributed by atoms with Crippen LogP contribution in [-0.2, 0) is 13.1 Å². The lowest BCUT2D eigenvalue weighted by Crippen LogP contribution is -2.07. The van der Waals surface area contributed by atoms with E-state index in [-0.39, 0.29) is 0 Å². The van der Waals surface area contributed by atoms with Gasteiger partial charge in [0.15, 0.2) is 0 Å². The molecule has 3 aromatic rings. The Kier molecular flexibility index (Phi) is 3.21. The molecule has 1 aromatic carbocycles. The summed E-state index contributed by atoms with van der Waals surface area (Å²) in [4.78, 5) is 9.09. The van der Waals surface area contributed by atoms with Crippen molar-refractivity contribution in [3.63, 3.8) is 0 Å². The summed E-state index contributed by atoms with van der Waals surface area (Å²) >= 11 is 1.68. The van der Waals surface area contributed by atoms with Gasteiger partial charge in [-0.2, -0.15) is 0 Å². The van der Waals surface area contributed by atoms with Gasteiger partial charge >= 0.3 is 0 Å². The van der Waals surface area contributed by atoms with Crippen LogP contribution in [0, 0.1) is 6.92 Å². The normalized spacial score (nSPS) is 11.1. The van der Waals surface area contributed by atoms with Crippen LogP contribution in [-0.4, -0.2) is 14.5 Å². The van der Waals surface area contributed by atoms with E-state index in [1.807, 2.05) is 25.1 Å². The first-order valence-electron chi connectivity index (χ1n) is 6.38. The number of thiazole rings is 1. The van der Waals surface area contributed by atoms with E-state index in [0.29, 0.717) is 6.54 Å². The van der Waals surface area contributed by atoms with E-state index in [2.05, 4.69) is 38.2 Å². The van der Waals surface area contributed by atoms with Crippen molar-refractivity contribution in [2.75, 3.05) is 5.32 Å². The highest BCUT2D eigenvalue weighted by molar-refractivity contribution is 7.09. The number of imidazole rings is 1. The topological polar surface area (TPSA) is 42.7 Å². The summed E-state index contributed by atoms with van der Waals surface area (Å²) in [5.74, 6) is 0.911. The lowest BCUT2D eigenvalue weighted by Gasteiger charge is -2.07. The lowest BCUT2D eigenvalue weighted by molar-refractivity contribution is 0.786. The molecule has 19 heavy (non-hydrogen) atoms. The molecule has 0 aliphatic rings. The van der Waals surface area contributed by atoms with Gasteiger partial charge in [0.2, 0.25) is 5.95 Å². The minimum absolute atomic E-state index is 0.716. The van der Waals surface area contributed by atoms with E-state index >= 15 is 0 Å². The molecule has 5 heteroatoms. The van der Waals surface area contributed by atoms with Crippen molar-refractivity contribution in [2.24, 2.45) is 0 Å². The predicted octanol–water partition coefficient (Wildman–Crippen LogP) is 3.43. The van der Waals surface area contributed by atoms with Gasteiger partial charge in [0.25, 0.3) is 0 Å². The van der Waals surface area contributed by atoms with E-state index in [0.717, 1.165) is 28.7 Å². The third kappa shape index (κ3) is 2.33. The molecule has 3 rings (SSSR count). The quantitative estimate of drug-likeness (QED) is 0.791. The molecule has 0 saturated heterocycles. The van der Waals surface area contributed by atoms with E-state index in [4.69, 9.17) is 0 Å². The maximum Gasteiger partial charge on any atom is 0.204 e. The fourth-order valence-corrected chi connectivity index (χ4v) is 2.80. The monoisotopic (exact) mass is 272 g/mol. The SMILES string of the molecule is CCn1c(NCc2csc(C)n2)nc2ccccc21. The number of anilines is 1. The van der Waals surface area contributed by atoms with Gasteiger partial charge in [0.1, 0.15) is 0 Å². The molecule has 0 radical (unpaired) electrons. The van der Waals surface area contributed by atoms with Gasteiger partial charge in [0.05, 0.1) is 28.3 Å². The first-order valence-corrected chi connectivity index (χ1v) is 7.26. The van der Waals surface area contributed by atoms with Crippen LogP contribution in [0.3, 0.4) is 0 Å². The van der Waals surface area contributed by atoms with E-state index in [9.17, 15) is 0 Å². The number of aromatic nitrogens is 3. The van der Waals surface area contributed by atoms with Crippen LogP contribution in [0.1, 0.15) is 17.6 Å². The summed E-state index contributed by atoms with van der Waals surface area (Å²) in [6, 6.07) is 8.20. The molecule has 0 unspecified atom stereocenters. The maximum absolute atomic E-state index is 4.63.